The molecule has 0 aromatic heterocycles. The smallest absolute Gasteiger partial charge is 0.253 e. The van der Waals surface area contributed by atoms with E-state index in [2.05, 4.69) is 0 Å². The van der Waals surface area contributed by atoms with E-state index in [1.54, 1.807) is 0 Å². The van der Waals surface area contributed by atoms with Crippen LogP contribution in [0.15, 0.2) is 89.8 Å². The van der Waals surface area contributed by atoms with Crippen LogP contribution in [0.2, 0.25) is 0 Å². The molecule has 6 nitrogen and oxygen atoms in total. The topological polar surface area (TPSA) is 60.9 Å². The Morgan fingerprint density at radius 3 is 2.11 bits per heavy atom. The molecule has 3 aromatic carbocycles. The van der Waals surface area contributed by atoms with Gasteiger partial charge in [0.2, 0.25) is 5.91 Å². The Hall–Kier alpha value is -3.45. The second kappa shape index (κ2) is 11.1. The van der Waals surface area contributed by atoms with Gasteiger partial charge in [0.15, 0.2) is 11.0 Å². The number of amides is 2. The largest absolute Gasteiger partial charge is 0.340 e. The number of nitrogens with zero attached hydrogens (tertiary/aromatic N) is 3. The van der Waals surface area contributed by atoms with Gasteiger partial charge >= 0.3 is 0 Å². The first-order valence-corrected chi connectivity index (χ1v) is 13.7. The van der Waals surface area contributed by atoms with Gasteiger partial charge in [-0.15, -0.1) is 0 Å². The molecule has 1 unspecified atom stereocenters. The number of carbonyl (C=O) groups is 2. The highest BCUT2D eigenvalue weighted by Gasteiger charge is 2.32. The van der Waals surface area contributed by atoms with Crippen LogP contribution in [0.25, 0.3) is 0 Å². The van der Waals surface area contributed by atoms with Gasteiger partial charge < -0.3 is 9.80 Å². The normalized spacial score (nSPS) is 17.3. The standard InChI is InChI=1S/C29H31N3O3S/c33-28-12-7-19-31(28)25-17-20-30(21-18-25)29(34)24-13-15-26(16-14-24)32(22-23-8-3-1-4-9-23)36(35)27-10-5-2-6-11-27/h1-6,8-11,13-16,25H,7,12,17-22H2. The van der Waals surface area contributed by atoms with Crippen LogP contribution in [0.4, 0.5) is 5.69 Å². The minimum absolute atomic E-state index is 0.00606. The van der Waals surface area contributed by atoms with Crippen LogP contribution >= 0.6 is 0 Å². The zero-order chi connectivity index (χ0) is 24.9. The second-order valence-corrected chi connectivity index (χ2v) is 10.8. The maximum absolute atomic E-state index is 13.5. The Labute approximate surface area is 215 Å². The van der Waals surface area contributed by atoms with Crippen molar-refractivity contribution in [2.45, 2.75) is 43.2 Å². The van der Waals surface area contributed by atoms with Crippen molar-refractivity contribution in [1.82, 2.24) is 9.80 Å². The van der Waals surface area contributed by atoms with Gasteiger partial charge in [-0.25, -0.2) is 4.21 Å². The molecule has 0 spiro atoms. The van der Waals surface area contributed by atoms with Gasteiger partial charge in [-0.3, -0.25) is 13.9 Å². The molecule has 36 heavy (non-hydrogen) atoms. The Morgan fingerprint density at radius 1 is 0.861 bits per heavy atom. The van der Waals surface area contributed by atoms with Gasteiger partial charge in [-0.1, -0.05) is 48.5 Å². The number of likely N-dealkylation sites (tertiary alicyclic amines) is 2. The molecule has 2 aliphatic heterocycles. The number of rotatable bonds is 7. The predicted octanol–water partition coefficient (Wildman–Crippen LogP) is 4.64. The van der Waals surface area contributed by atoms with Gasteiger partial charge in [-0.2, -0.15) is 0 Å². The van der Waals surface area contributed by atoms with Gasteiger partial charge in [0.1, 0.15) is 0 Å². The highest BCUT2D eigenvalue weighted by molar-refractivity contribution is 7.86. The lowest BCUT2D eigenvalue weighted by Crippen LogP contribution is -2.47. The Balaban J connectivity index is 1.29. The van der Waals surface area contributed by atoms with Crippen LogP contribution < -0.4 is 4.31 Å². The van der Waals surface area contributed by atoms with E-state index in [4.69, 9.17) is 0 Å². The van der Waals surface area contributed by atoms with Crippen LogP contribution in [-0.2, 0) is 22.3 Å². The molecule has 2 fully saturated rings. The molecular formula is C29H31N3O3S. The Kier molecular flexibility index (Phi) is 7.47. The maximum atomic E-state index is 13.5. The number of hydrogen-bond acceptors (Lipinski definition) is 3. The fourth-order valence-corrected chi connectivity index (χ4v) is 6.27. The average molecular weight is 502 g/mol. The molecule has 2 amide bonds. The third-order valence-corrected chi connectivity index (χ3v) is 8.43. The van der Waals surface area contributed by atoms with Crippen molar-refractivity contribution in [3.8, 4) is 0 Å². The SMILES string of the molecule is O=C(c1ccc(N(Cc2ccccc2)S(=O)c2ccccc2)cc1)N1CCC(N2CCCC2=O)CC1. The van der Waals surface area contributed by atoms with Crippen molar-refractivity contribution in [3.05, 3.63) is 96.1 Å². The number of piperidine rings is 1. The molecule has 0 saturated carbocycles. The Morgan fingerprint density at radius 2 is 1.50 bits per heavy atom. The quantitative estimate of drug-likeness (QED) is 0.474. The Bertz CT molecular complexity index is 1210. The summed E-state index contributed by atoms with van der Waals surface area (Å²) in [5, 5.41) is 0. The fraction of sp³-hybridized carbons (Fsp3) is 0.310. The lowest BCUT2D eigenvalue weighted by atomic mass is 10.0. The molecule has 186 valence electrons. The van der Waals surface area contributed by atoms with Crippen molar-refractivity contribution in [1.29, 1.82) is 0 Å². The summed E-state index contributed by atoms with van der Waals surface area (Å²) in [6.45, 7) is 2.65. The van der Waals surface area contributed by atoms with Crippen LogP contribution in [0.1, 0.15) is 41.6 Å². The molecule has 0 bridgehead atoms. The maximum Gasteiger partial charge on any atom is 0.253 e. The van der Waals surface area contributed by atoms with Crippen LogP contribution in [0, 0.1) is 0 Å². The fourth-order valence-electron chi connectivity index (χ4n) is 5.05. The first-order chi connectivity index (χ1) is 17.6. The van der Waals surface area contributed by atoms with E-state index in [1.165, 1.54) is 0 Å². The zero-order valence-corrected chi connectivity index (χ0v) is 21.1. The van der Waals surface area contributed by atoms with E-state index in [1.807, 2.05) is 99.0 Å². The number of anilines is 1. The molecule has 0 N–H and O–H groups in total. The monoisotopic (exact) mass is 501 g/mol. The third-order valence-electron chi connectivity index (χ3n) is 7.02. The minimum Gasteiger partial charge on any atom is -0.340 e. The number of benzene rings is 3. The van der Waals surface area contributed by atoms with Gasteiger partial charge in [0, 0.05) is 37.7 Å². The summed E-state index contributed by atoms with van der Waals surface area (Å²) >= 11 is 0. The van der Waals surface area contributed by atoms with E-state index in [9.17, 15) is 13.8 Å². The lowest BCUT2D eigenvalue weighted by Gasteiger charge is -2.36. The molecule has 1 atom stereocenters. The highest BCUT2D eigenvalue weighted by Crippen LogP contribution is 2.26. The van der Waals surface area contributed by atoms with E-state index >= 15 is 0 Å². The van der Waals surface area contributed by atoms with Crippen LogP contribution in [-0.4, -0.2) is 51.5 Å². The molecule has 0 radical (unpaired) electrons. The summed E-state index contributed by atoms with van der Waals surface area (Å²) in [6.07, 6.45) is 3.26. The summed E-state index contributed by atoms with van der Waals surface area (Å²) in [7, 11) is -1.40. The summed E-state index contributed by atoms with van der Waals surface area (Å²) in [4.78, 5) is 29.9. The van der Waals surface area contributed by atoms with Crippen molar-refractivity contribution in [2.24, 2.45) is 0 Å². The number of hydrogen-bond donors (Lipinski definition) is 0. The molecule has 0 aliphatic carbocycles. The van der Waals surface area contributed by atoms with E-state index in [0.29, 0.717) is 31.6 Å². The van der Waals surface area contributed by atoms with Crippen molar-refractivity contribution >= 4 is 28.5 Å². The average Bonchev–Trinajstić information content (AvgIpc) is 3.38. The van der Waals surface area contributed by atoms with Crippen LogP contribution in [0.3, 0.4) is 0 Å². The van der Waals surface area contributed by atoms with Gasteiger partial charge in [0.25, 0.3) is 5.91 Å². The zero-order valence-electron chi connectivity index (χ0n) is 20.3. The van der Waals surface area contributed by atoms with E-state index in [-0.39, 0.29) is 17.9 Å². The molecule has 3 aromatic rings. The van der Waals surface area contributed by atoms with Crippen LogP contribution in [0.5, 0.6) is 0 Å². The molecular weight excluding hydrogens is 470 g/mol. The number of carbonyl (C=O) groups excluding carboxylic acids is 2. The first-order valence-electron chi connectivity index (χ1n) is 12.6. The lowest BCUT2D eigenvalue weighted by molar-refractivity contribution is -0.130. The predicted molar refractivity (Wildman–Crippen MR) is 142 cm³/mol. The van der Waals surface area contributed by atoms with Crippen molar-refractivity contribution < 1.29 is 13.8 Å². The molecule has 2 heterocycles. The summed E-state index contributed by atoms with van der Waals surface area (Å²) in [5.41, 5.74) is 2.48. The van der Waals surface area contributed by atoms with Gasteiger partial charge in [0.05, 0.1) is 17.1 Å². The second-order valence-electron chi connectivity index (χ2n) is 9.35. The molecule has 7 heteroatoms. The molecule has 2 aliphatic rings. The summed E-state index contributed by atoms with van der Waals surface area (Å²) in [6, 6.07) is 27.1. The summed E-state index contributed by atoms with van der Waals surface area (Å²) in [5.74, 6) is 0.259. The summed E-state index contributed by atoms with van der Waals surface area (Å²) < 4.78 is 15.4. The first kappa shape index (κ1) is 24.3. The highest BCUT2D eigenvalue weighted by atomic mass is 32.2. The minimum atomic E-state index is -1.40. The van der Waals surface area contributed by atoms with Crippen molar-refractivity contribution in [2.75, 3.05) is 23.9 Å². The van der Waals surface area contributed by atoms with Gasteiger partial charge in [-0.05, 0) is 61.2 Å². The third kappa shape index (κ3) is 5.36. The molecule has 2 saturated heterocycles. The van der Waals surface area contributed by atoms with E-state index in [0.717, 1.165) is 42.0 Å². The van der Waals surface area contributed by atoms with E-state index < -0.39 is 11.0 Å². The van der Waals surface area contributed by atoms with Crippen molar-refractivity contribution in [3.63, 3.8) is 0 Å². The molecule has 5 rings (SSSR count).